The van der Waals surface area contributed by atoms with E-state index in [9.17, 15) is 4.79 Å². The Morgan fingerprint density at radius 3 is 2.78 bits per heavy atom. The molecule has 5 heteroatoms. The van der Waals surface area contributed by atoms with E-state index in [-0.39, 0.29) is 31.1 Å². The van der Waals surface area contributed by atoms with Crippen molar-refractivity contribution < 1.29 is 14.6 Å². The minimum Gasteiger partial charge on any atom is -0.461 e. The third kappa shape index (κ3) is 3.07. The van der Waals surface area contributed by atoms with Crippen molar-refractivity contribution in [3.8, 4) is 0 Å². The van der Waals surface area contributed by atoms with E-state index >= 15 is 0 Å². The number of benzene rings is 1. The van der Waals surface area contributed by atoms with E-state index < -0.39 is 0 Å². The molecule has 0 saturated carbocycles. The molecule has 98 valence electrons. The molecule has 1 aromatic carbocycles. The molecule has 0 unspecified atom stereocenters. The summed E-state index contributed by atoms with van der Waals surface area (Å²) in [6.07, 6.45) is 0.556. The molecule has 18 heavy (non-hydrogen) atoms. The van der Waals surface area contributed by atoms with Gasteiger partial charge in [-0.2, -0.15) is 0 Å². The van der Waals surface area contributed by atoms with Crippen molar-refractivity contribution in [1.29, 1.82) is 0 Å². The quantitative estimate of drug-likeness (QED) is 0.593. The van der Waals surface area contributed by atoms with E-state index in [0.717, 1.165) is 5.56 Å². The van der Waals surface area contributed by atoms with Crippen molar-refractivity contribution >= 4 is 5.97 Å². The molecule has 1 fully saturated rings. The number of nitrogens with two attached hydrogens (primary N) is 1. The van der Waals surface area contributed by atoms with Crippen LogP contribution < -0.4 is 5.84 Å². The van der Waals surface area contributed by atoms with E-state index in [4.69, 9.17) is 15.7 Å². The van der Waals surface area contributed by atoms with Crippen LogP contribution in [0.1, 0.15) is 12.0 Å². The first-order chi connectivity index (χ1) is 8.70. The summed E-state index contributed by atoms with van der Waals surface area (Å²) in [4.78, 5) is 11.8. The lowest BCUT2D eigenvalue weighted by molar-refractivity contribution is -0.149. The molecule has 1 aliphatic rings. The van der Waals surface area contributed by atoms with Crippen LogP contribution in [-0.4, -0.2) is 35.3 Å². The highest BCUT2D eigenvalue weighted by Gasteiger charge is 2.35. The summed E-state index contributed by atoms with van der Waals surface area (Å²) >= 11 is 0. The van der Waals surface area contributed by atoms with E-state index in [0.29, 0.717) is 13.0 Å². The number of rotatable bonds is 4. The lowest BCUT2D eigenvalue weighted by atomic mass is 10.1. The molecular weight excluding hydrogens is 232 g/mol. The van der Waals surface area contributed by atoms with Crippen LogP contribution in [0.15, 0.2) is 30.3 Å². The smallest absolute Gasteiger partial charge is 0.310 e. The number of esters is 1. The second kappa shape index (κ2) is 5.95. The van der Waals surface area contributed by atoms with Crippen molar-refractivity contribution in [1.82, 2.24) is 5.01 Å². The third-order valence-electron chi connectivity index (χ3n) is 3.22. The predicted octanol–water partition coefficient (Wildman–Crippen LogP) is 0.286. The topological polar surface area (TPSA) is 75.8 Å². The normalized spacial score (nSPS) is 24.1. The third-order valence-corrected chi connectivity index (χ3v) is 3.22. The number of ether oxygens (including phenoxy) is 1. The summed E-state index contributed by atoms with van der Waals surface area (Å²) in [6, 6.07) is 9.41. The van der Waals surface area contributed by atoms with E-state index in [2.05, 4.69) is 0 Å². The lowest BCUT2D eigenvalue weighted by Gasteiger charge is -2.14. The number of carbonyl (C=O) groups excluding carboxylic acids is 1. The molecule has 2 rings (SSSR count). The number of hydrazine groups is 1. The average Bonchev–Trinajstić information content (AvgIpc) is 2.78. The first-order valence-corrected chi connectivity index (χ1v) is 6.03. The van der Waals surface area contributed by atoms with Gasteiger partial charge in [0.2, 0.25) is 0 Å². The fraction of sp³-hybridized carbons (Fsp3) is 0.462. The Hall–Kier alpha value is -1.43. The number of carbonyl (C=O) groups is 1. The fourth-order valence-electron chi connectivity index (χ4n) is 2.14. The summed E-state index contributed by atoms with van der Waals surface area (Å²) in [5.41, 5.74) is 0.965. The highest BCUT2D eigenvalue weighted by Crippen LogP contribution is 2.21. The van der Waals surface area contributed by atoms with Crippen LogP contribution in [0.25, 0.3) is 0 Å². The maximum atomic E-state index is 11.8. The molecule has 5 nitrogen and oxygen atoms in total. The SMILES string of the molecule is NN1C[C@H](C(=O)OCc2ccccc2)C[C@H]1CO. The highest BCUT2D eigenvalue weighted by molar-refractivity contribution is 5.73. The van der Waals surface area contributed by atoms with Crippen LogP contribution in [0.5, 0.6) is 0 Å². The van der Waals surface area contributed by atoms with E-state index in [1.807, 2.05) is 30.3 Å². The Labute approximate surface area is 106 Å². The maximum Gasteiger partial charge on any atom is 0.310 e. The van der Waals surface area contributed by atoms with Gasteiger partial charge in [0.05, 0.1) is 12.5 Å². The number of hydrogen-bond donors (Lipinski definition) is 2. The van der Waals surface area contributed by atoms with Gasteiger partial charge in [0, 0.05) is 12.6 Å². The molecule has 0 spiro atoms. The zero-order valence-corrected chi connectivity index (χ0v) is 10.2. The molecule has 1 saturated heterocycles. The first-order valence-electron chi connectivity index (χ1n) is 6.03. The summed E-state index contributed by atoms with van der Waals surface area (Å²) in [5.74, 6) is 5.21. The van der Waals surface area contributed by atoms with Crippen molar-refractivity contribution in [3.05, 3.63) is 35.9 Å². The van der Waals surface area contributed by atoms with Crippen molar-refractivity contribution in [2.45, 2.75) is 19.1 Å². The first kappa shape index (κ1) is 13.0. The molecule has 1 aromatic rings. The van der Waals surface area contributed by atoms with Gasteiger partial charge in [0.15, 0.2) is 0 Å². The van der Waals surface area contributed by atoms with Crippen LogP contribution in [0.2, 0.25) is 0 Å². The Bertz CT molecular complexity index is 396. The largest absolute Gasteiger partial charge is 0.461 e. The average molecular weight is 250 g/mol. The summed E-state index contributed by atoms with van der Waals surface area (Å²) in [7, 11) is 0. The van der Waals surface area contributed by atoms with Gasteiger partial charge in [0.1, 0.15) is 6.61 Å². The Morgan fingerprint density at radius 1 is 1.44 bits per heavy atom. The molecule has 0 aromatic heterocycles. The number of aliphatic hydroxyl groups excluding tert-OH is 1. The number of nitrogens with zero attached hydrogens (tertiary/aromatic N) is 1. The summed E-state index contributed by atoms with van der Waals surface area (Å²) in [5, 5.41) is 10.6. The second-order valence-electron chi connectivity index (χ2n) is 4.56. The zero-order chi connectivity index (χ0) is 13.0. The van der Waals surface area contributed by atoms with Crippen LogP contribution >= 0.6 is 0 Å². The van der Waals surface area contributed by atoms with Crippen LogP contribution in [0.3, 0.4) is 0 Å². The molecule has 1 heterocycles. The molecular formula is C13H18N2O3. The van der Waals surface area contributed by atoms with Crippen molar-refractivity contribution in [3.63, 3.8) is 0 Å². The maximum absolute atomic E-state index is 11.8. The lowest BCUT2D eigenvalue weighted by Crippen LogP contribution is -2.38. The Kier molecular flexibility index (Phi) is 4.30. The van der Waals surface area contributed by atoms with Gasteiger partial charge in [-0.1, -0.05) is 30.3 Å². The van der Waals surface area contributed by atoms with Gasteiger partial charge >= 0.3 is 5.97 Å². The van der Waals surface area contributed by atoms with Crippen molar-refractivity contribution in [2.75, 3.05) is 13.2 Å². The van der Waals surface area contributed by atoms with Crippen LogP contribution in [0, 0.1) is 5.92 Å². The minimum atomic E-state index is -0.245. The predicted molar refractivity (Wildman–Crippen MR) is 66.1 cm³/mol. The van der Waals surface area contributed by atoms with E-state index in [1.165, 1.54) is 5.01 Å². The Morgan fingerprint density at radius 2 is 2.17 bits per heavy atom. The Balaban J connectivity index is 1.82. The summed E-state index contributed by atoms with van der Waals surface area (Å²) in [6.45, 7) is 0.697. The van der Waals surface area contributed by atoms with Gasteiger partial charge in [-0.15, -0.1) is 0 Å². The van der Waals surface area contributed by atoms with Gasteiger partial charge in [0.25, 0.3) is 0 Å². The molecule has 0 bridgehead atoms. The monoisotopic (exact) mass is 250 g/mol. The highest BCUT2D eigenvalue weighted by atomic mass is 16.5. The minimum absolute atomic E-state index is 0.0288. The van der Waals surface area contributed by atoms with Gasteiger partial charge in [-0.05, 0) is 12.0 Å². The van der Waals surface area contributed by atoms with Gasteiger partial charge < -0.3 is 9.84 Å². The van der Waals surface area contributed by atoms with E-state index in [1.54, 1.807) is 0 Å². The fourth-order valence-corrected chi connectivity index (χ4v) is 2.14. The summed E-state index contributed by atoms with van der Waals surface area (Å²) < 4.78 is 5.25. The molecule has 2 atom stereocenters. The number of aliphatic hydroxyl groups is 1. The van der Waals surface area contributed by atoms with Crippen LogP contribution in [0.4, 0.5) is 0 Å². The molecule has 0 aliphatic carbocycles. The second-order valence-corrected chi connectivity index (χ2v) is 4.56. The molecule has 1 aliphatic heterocycles. The van der Waals surface area contributed by atoms with Crippen LogP contribution in [-0.2, 0) is 16.1 Å². The number of hydrogen-bond acceptors (Lipinski definition) is 5. The zero-order valence-electron chi connectivity index (χ0n) is 10.2. The van der Waals surface area contributed by atoms with Crippen molar-refractivity contribution in [2.24, 2.45) is 11.8 Å². The molecule has 3 N–H and O–H groups in total. The molecule has 0 amide bonds. The standard InChI is InChI=1S/C13H18N2O3/c14-15-7-11(6-12(15)8-16)13(17)18-9-10-4-2-1-3-5-10/h1-5,11-12,16H,6-9,14H2/t11-,12+/m1/s1. The van der Waals surface area contributed by atoms with Gasteiger partial charge in [-0.25, -0.2) is 5.01 Å². The molecule has 0 radical (unpaired) electrons. The van der Waals surface area contributed by atoms with Gasteiger partial charge in [-0.3, -0.25) is 10.6 Å².